The Morgan fingerprint density at radius 2 is 2.00 bits per heavy atom. The van der Waals surface area contributed by atoms with Gasteiger partial charge in [-0.25, -0.2) is 4.79 Å². The Kier molecular flexibility index (Phi) is 4.05. The number of hydrogen-bond donors (Lipinski definition) is 2. The molecule has 0 spiro atoms. The van der Waals surface area contributed by atoms with E-state index in [2.05, 4.69) is 10.2 Å². The number of ether oxygens (including phenoxy) is 1. The number of halogens is 1. The SMILES string of the molecule is CC(OC(=O)c1cc(-c2ccc(Cl)cc2)n[nH]1)C(N)=O. The lowest BCUT2D eigenvalue weighted by atomic mass is 10.1. The van der Waals surface area contributed by atoms with Gasteiger partial charge in [0, 0.05) is 10.6 Å². The average molecular weight is 294 g/mol. The smallest absolute Gasteiger partial charge is 0.357 e. The molecule has 0 radical (unpaired) electrons. The maximum absolute atomic E-state index is 11.7. The molecule has 0 aliphatic rings. The highest BCUT2D eigenvalue weighted by Crippen LogP contribution is 2.20. The zero-order valence-electron chi connectivity index (χ0n) is 10.6. The van der Waals surface area contributed by atoms with Crippen molar-refractivity contribution in [1.29, 1.82) is 0 Å². The lowest BCUT2D eigenvalue weighted by Gasteiger charge is -2.07. The standard InChI is InChI=1S/C13H12ClN3O3/c1-7(12(15)18)20-13(19)11-6-10(16-17-11)8-2-4-9(14)5-3-8/h2-7H,1H3,(H2,15,18)(H,16,17). The van der Waals surface area contributed by atoms with Gasteiger partial charge in [-0.05, 0) is 25.1 Å². The van der Waals surface area contributed by atoms with Crippen molar-refractivity contribution in [2.24, 2.45) is 5.73 Å². The fraction of sp³-hybridized carbons (Fsp3) is 0.154. The van der Waals surface area contributed by atoms with E-state index >= 15 is 0 Å². The number of esters is 1. The van der Waals surface area contributed by atoms with Gasteiger partial charge in [0.05, 0.1) is 5.69 Å². The Balaban J connectivity index is 2.14. The molecule has 104 valence electrons. The van der Waals surface area contributed by atoms with E-state index in [4.69, 9.17) is 22.1 Å². The number of primary amides is 1. The highest BCUT2D eigenvalue weighted by Gasteiger charge is 2.18. The van der Waals surface area contributed by atoms with Crippen LogP contribution in [0.5, 0.6) is 0 Å². The van der Waals surface area contributed by atoms with Crippen LogP contribution in [0.15, 0.2) is 30.3 Å². The van der Waals surface area contributed by atoms with Crippen molar-refractivity contribution >= 4 is 23.5 Å². The van der Waals surface area contributed by atoms with Gasteiger partial charge in [-0.1, -0.05) is 23.7 Å². The molecule has 7 heteroatoms. The number of rotatable bonds is 4. The number of nitrogens with zero attached hydrogens (tertiary/aromatic N) is 1. The second-order valence-electron chi connectivity index (χ2n) is 4.12. The molecule has 6 nitrogen and oxygen atoms in total. The number of amides is 1. The van der Waals surface area contributed by atoms with Crippen molar-refractivity contribution in [3.63, 3.8) is 0 Å². The molecule has 1 aromatic carbocycles. The Morgan fingerprint density at radius 1 is 1.35 bits per heavy atom. The van der Waals surface area contributed by atoms with Crippen molar-refractivity contribution in [2.75, 3.05) is 0 Å². The molecule has 0 saturated heterocycles. The first-order valence-electron chi connectivity index (χ1n) is 5.79. The van der Waals surface area contributed by atoms with Gasteiger partial charge < -0.3 is 10.5 Å². The number of nitrogens with one attached hydrogen (secondary N) is 1. The van der Waals surface area contributed by atoms with Crippen LogP contribution in [0.25, 0.3) is 11.3 Å². The van der Waals surface area contributed by atoms with E-state index in [9.17, 15) is 9.59 Å². The molecule has 2 rings (SSSR count). The Labute approximate surface area is 119 Å². The molecule has 1 heterocycles. The van der Waals surface area contributed by atoms with Gasteiger partial charge in [-0.2, -0.15) is 5.10 Å². The molecule has 0 bridgehead atoms. The molecule has 1 atom stereocenters. The molecule has 3 N–H and O–H groups in total. The second-order valence-corrected chi connectivity index (χ2v) is 4.56. The lowest BCUT2D eigenvalue weighted by molar-refractivity contribution is -0.125. The zero-order chi connectivity index (χ0) is 14.7. The predicted octanol–water partition coefficient (Wildman–Crippen LogP) is 1.76. The topological polar surface area (TPSA) is 98.1 Å². The summed E-state index contributed by atoms with van der Waals surface area (Å²) >= 11 is 5.80. The van der Waals surface area contributed by atoms with E-state index in [1.807, 2.05) is 0 Å². The molecule has 1 aromatic heterocycles. The lowest BCUT2D eigenvalue weighted by Crippen LogP contribution is -2.30. The maximum Gasteiger partial charge on any atom is 0.357 e. The van der Waals surface area contributed by atoms with Gasteiger partial charge in [-0.3, -0.25) is 9.89 Å². The predicted molar refractivity (Wildman–Crippen MR) is 73.1 cm³/mol. The summed E-state index contributed by atoms with van der Waals surface area (Å²) in [7, 11) is 0. The minimum atomic E-state index is -0.996. The van der Waals surface area contributed by atoms with Crippen LogP contribution >= 0.6 is 11.6 Å². The summed E-state index contributed by atoms with van der Waals surface area (Å²) in [5.41, 5.74) is 6.53. The van der Waals surface area contributed by atoms with Crippen molar-refractivity contribution in [2.45, 2.75) is 13.0 Å². The second kappa shape index (κ2) is 5.75. The van der Waals surface area contributed by atoms with Gasteiger partial charge in [-0.15, -0.1) is 0 Å². The number of benzene rings is 1. The largest absolute Gasteiger partial charge is 0.448 e. The van der Waals surface area contributed by atoms with E-state index in [0.717, 1.165) is 5.56 Å². The van der Waals surface area contributed by atoms with E-state index in [1.54, 1.807) is 24.3 Å². The minimum absolute atomic E-state index is 0.142. The fourth-order valence-corrected chi connectivity index (χ4v) is 1.60. The van der Waals surface area contributed by atoms with E-state index < -0.39 is 18.0 Å². The van der Waals surface area contributed by atoms with Gasteiger partial charge in [0.2, 0.25) is 0 Å². The number of aromatic nitrogens is 2. The summed E-state index contributed by atoms with van der Waals surface area (Å²) in [5, 5.41) is 7.17. The fourth-order valence-electron chi connectivity index (χ4n) is 1.48. The van der Waals surface area contributed by atoms with Gasteiger partial charge in [0.15, 0.2) is 6.10 Å². The highest BCUT2D eigenvalue weighted by molar-refractivity contribution is 6.30. The summed E-state index contributed by atoms with van der Waals surface area (Å²) < 4.78 is 4.86. The number of carbonyl (C=O) groups is 2. The number of H-pyrrole nitrogens is 1. The van der Waals surface area contributed by atoms with E-state index in [0.29, 0.717) is 10.7 Å². The molecule has 1 unspecified atom stereocenters. The van der Waals surface area contributed by atoms with Crippen LogP contribution < -0.4 is 5.73 Å². The van der Waals surface area contributed by atoms with Crippen LogP contribution in [-0.4, -0.2) is 28.2 Å². The van der Waals surface area contributed by atoms with Crippen molar-refractivity contribution in [1.82, 2.24) is 10.2 Å². The molecule has 0 aliphatic heterocycles. The summed E-state index contributed by atoms with van der Waals surface area (Å²) in [6.07, 6.45) is -0.996. The molecule has 2 aromatic rings. The number of aromatic amines is 1. The van der Waals surface area contributed by atoms with Crippen LogP contribution in [0.2, 0.25) is 5.02 Å². The van der Waals surface area contributed by atoms with Crippen molar-refractivity contribution in [3.05, 3.63) is 41.0 Å². The maximum atomic E-state index is 11.7. The quantitative estimate of drug-likeness (QED) is 0.839. The summed E-state index contributed by atoms with van der Waals surface area (Å²) in [6, 6.07) is 8.52. The number of hydrogen-bond acceptors (Lipinski definition) is 4. The number of carbonyl (C=O) groups excluding carboxylic acids is 2. The van der Waals surface area contributed by atoms with Crippen LogP contribution in [0.1, 0.15) is 17.4 Å². The molecule has 0 aliphatic carbocycles. The van der Waals surface area contributed by atoms with E-state index in [-0.39, 0.29) is 5.69 Å². The Morgan fingerprint density at radius 3 is 2.60 bits per heavy atom. The van der Waals surface area contributed by atoms with Gasteiger partial charge in [0.1, 0.15) is 5.69 Å². The first-order chi connectivity index (χ1) is 9.47. The normalized spacial score (nSPS) is 11.9. The summed E-state index contributed by atoms with van der Waals surface area (Å²) in [4.78, 5) is 22.6. The molecule has 0 fully saturated rings. The molecule has 20 heavy (non-hydrogen) atoms. The van der Waals surface area contributed by atoms with E-state index in [1.165, 1.54) is 13.0 Å². The third-order valence-electron chi connectivity index (χ3n) is 2.62. The third kappa shape index (κ3) is 3.16. The van der Waals surface area contributed by atoms with Crippen LogP contribution in [0.3, 0.4) is 0 Å². The van der Waals surface area contributed by atoms with Crippen LogP contribution in [-0.2, 0) is 9.53 Å². The summed E-state index contributed by atoms with van der Waals surface area (Å²) in [6.45, 7) is 1.40. The van der Waals surface area contributed by atoms with Crippen molar-refractivity contribution in [3.8, 4) is 11.3 Å². The molecular formula is C13H12ClN3O3. The Bertz CT molecular complexity index is 637. The Hall–Kier alpha value is -2.34. The first kappa shape index (κ1) is 14.1. The zero-order valence-corrected chi connectivity index (χ0v) is 11.3. The van der Waals surface area contributed by atoms with Gasteiger partial charge in [0.25, 0.3) is 5.91 Å². The highest BCUT2D eigenvalue weighted by atomic mass is 35.5. The van der Waals surface area contributed by atoms with Crippen molar-refractivity contribution < 1.29 is 14.3 Å². The first-order valence-corrected chi connectivity index (χ1v) is 6.17. The molecule has 0 saturated carbocycles. The summed E-state index contributed by atoms with van der Waals surface area (Å²) in [5.74, 6) is -1.40. The van der Waals surface area contributed by atoms with Gasteiger partial charge >= 0.3 is 5.97 Å². The minimum Gasteiger partial charge on any atom is -0.448 e. The molecule has 1 amide bonds. The number of nitrogens with two attached hydrogens (primary N) is 1. The monoisotopic (exact) mass is 293 g/mol. The van der Waals surface area contributed by atoms with Crippen LogP contribution in [0.4, 0.5) is 0 Å². The third-order valence-corrected chi connectivity index (χ3v) is 2.87. The average Bonchev–Trinajstić information content (AvgIpc) is 2.89. The van der Waals surface area contributed by atoms with Crippen LogP contribution in [0, 0.1) is 0 Å². The molecular weight excluding hydrogens is 282 g/mol.